The van der Waals surface area contributed by atoms with Crippen molar-refractivity contribution in [2.24, 2.45) is 0 Å². The van der Waals surface area contributed by atoms with Crippen LogP contribution in [0.3, 0.4) is 0 Å². The third-order valence-corrected chi connectivity index (χ3v) is 5.25. The van der Waals surface area contributed by atoms with Crippen molar-refractivity contribution >= 4 is 11.8 Å². The molecule has 0 atom stereocenters. The van der Waals surface area contributed by atoms with Gasteiger partial charge in [0.25, 0.3) is 0 Å². The Bertz CT molecular complexity index is 243. The van der Waals surface area contributed by atoms with Gasteiger partial charge in [-0.1, -0.05) is 0 Å². The molecule has 3 heterocycles. The molecule has 0 aromatic heterocycles. The first kappa shape index (κ1) is 19.4. The van der Waals surface area contributed by atoms with Gasteiger partial charge in [-0.2, -0.15) is 11.8 Å². The monoisotopic (exact) mass is 346 g/mol. The molecule has 0 aromatic carbocycles. The molecular weight excluding hydrogens is 312 g/mol. The standard InChI is InChI=1S/C16H34N4O2S/c1-5-19-7-11-21-13-9-20(10-14-22-12-8-19)6-2-18-4-16-23-15-3-17-1/h17-18H,1-16H2. The normalized spacial score (nSPS) is 31.3. The number of ether oxygens (including phenoxy) is 2. The van der Waals surface area contributed by atoms with Gasteiger partial charge in [0.15, 0.2) is 0 Å². The van der Waals surface area contributed by atoms with Crippen molar-refractivity contribution in [2.45, 2.75) is 0 Å². The lowest BCUT2D eigenvalue weighted by molar-refractivity contribution is 0.0385. The van der Waals surface area contributed by atoms with Crippen LogP contribution in [-0.2, 0) is 9.47 Å². The Morgan fingerprint density at radius 1 is 0.565 bits per heavy atom. The van der Waals surface area contributed by atoms with Crippen molar-refractivity contribution in [3.8, 4) is 0 Å². The summed E-state index contributed by atoms with van der Waals surface area (Å²) < 4.78 is 11.7. The van der Waals surface area contributed by atoms with Crippen molar-refractivity contribution in [2.75, 3.05) is 103 Å². The summed E-state index contributed by atoms with van der Waals surface area (Å²) >= 11 is 2.03. The van der Waals surface area contributed by atoms with Gasteiger partial charge in [0.05, 0.1) is 26.4 Å². The van der Waals surface area contributed by atoms with E-state index in [9.17, 15) is 0 Å². The molecule has 0 spiro atoms. The average Bonchev–Trinajstić information content (AvgIpc) is 2.55. The van der Waals surface area contributed by atoms with Gasteiger partial charge in [-0.15, -0.1) is 0 Å². The molecule has 136 valence electrons. The summed E-state index contributed by atoms with van der Waals surface area (Å²) in [5.74, 6) is 2.39. The molecule has 0 saturated carbocycles. The van der Waals surface area contributed by atoms with Crippen molar-refractivity contribution in [3.05, 3.63) is 0 Å². The highest BCUT2D eigenvalue weighted by Crippen LogP contribution is 1.98. The molecule has 0 unspecified atom stereocenters. The maximum absolute atomic E-state index is 5.84. The first-order chi connectivity index (χ1) is 11.4. The first-order valence-corrected chi connectivity index (χ1v) is 10.2. The number of nitrogens with zero attached hydrogens (tertiary/aromatic N) is 2. The largest absolute Gasteiger partial charge is 0.379 e. The maximum Gasteiger partial charge on any atom is 0.0594 e. The number of hydrogen-bond donors (Lipinski definition) is 2. The fourth-order valence-corrected chi connectivity index (χ4v) is 3.55. The zero-order valence-corrected chi connectivity index (χ0v) is 15.2. The second-order valence-corrected chi connectivity index (χ2v) is 7.25. The van der Waals surface area contributed by atoms with Gasteiger partial charge in [0.2, 0.25) is 0 Å². The summed E-state index contributed by atoms with van der Waals surface area (Å²) in [4.78, 5) is 4.90. The highest BCUT2D eigenvalue weighted by atomic mass is 32.2. The van der Waals surface area contributed by atoms with E-state index in [4.69, 9.17) is 9.47 Å². The minimum atomic E-state index is 0.821. The Morgan fingerprint density at radius 3 is 1.43 bits per heavy atom. The molecule has 2 N–H and O–H groups in total. The number of rotatable bonds is 0. The molecule has 0 aliphatic carbocycles. The third kappa shape index (κ3) is 9.86. The number of fused-ring (bicyclic) bond motifs is 18. The summed E-state index contributed by atoms with van der Waals surface area (Å²) in [6.45, 7) is 13.7. The van der Waals surface area contributed by atoms with Gasteiger partial charge >= 0.3 is 0 Å². The topological polar surface area (TPSA) is 49.0 Å². The van der Waals surface area contributed by atoms with Crippen LogP contribution >= 0.6 is 11.8 Å². The summed E-state index contributed by atoms with van der Waals surface area (Å²) in [6, 6.07) is 0. The summed E-state index contributed by atoms with van der Waals surface area (Å²) in [5, 5.41) is 7.09. The van der Waals surface area contributed by atoms with E-state index in [2.05, 4.69) is 20.4 Å². The zero-order chi connectivity index (χ0) is 16.0. The van der Waals surface area contributed by atoms with Gasteiger partial charge in [-0.05, 0) is 0 Å². The van der Waals surface area contributed by atoms with Crippen LogP contribution in [0.2, 0.25) is 0 Å². The maximum atomic E-state index is 5.84. The van der Waals surface area contributed by atoms with E-state index < -0.39 is 0 Å². The van der Waals surface area contributed by atoms with E-state index in [1.807, 2.05) is 11.8 Å². The number of nitrogens with one attached hydrogen (secondary N) is 2. The fraction of sp³-hybridized carbons (Fsp3) is 1.00. The van der Waals surface area contributed by atoms with Gasteiger partial charge < -0.3 is 20.1 Å². The van der Waals surface area contributed by atoms with Crippen LogP contribution in [0.5, 0.6) is 0 Å². The molecule has 0 aromatic rings. The minimum Gasteiger partial charge on any atom is -0.379 e. The Labute approximate surface area is 145 Å². The van der Waals surface area contributed by atoms with E-state index >= 15 is 0 Å². The van der Waals surface area contributed by atoms with E-state index in [0.717, 1.165) is 91.9 Å². The van der Waals surface area contributed by atoms with Crippen molar-refractivity contribution in [1.82, 2.24) is 20.4 Å². The average molecular weight is 347 g/mol. The molecule has 23 heavy (non-hydrogen) atoms. The second kappa shape index (κ2) is 13.4. The summed E-state index contributed by atoms with van der Waals surface area (Å²) in [7, 11) is 0. The third-order valence-electron chi connectivity index (χ3n) is 4.26. The van der Waals surface area contributed by atoms with E-state index in [1.165, 1.54) is 11.5 Å². The van der Waals surface area contributed by atoms with Crippen LogP contribution in [0.15, 0.2) is 0 Å². The van der Waals surface area contributed by atoms with Crippen molar-refractivity contribution < 1.29 is 9.47 Å². The van der Waals surface area contributed by atoms with Crippen LogP contribution in [0.1, 0.15) is 0 Å². The lowest BCUT2D eigenvalue weighted by Gasteiger charge is -2.26. The molecule has 7 heteroatoms. The zero-order valence-electron chi connectivity index (χ0n) is 14.4. The SMILES string of the molecule is C1CSCCNCCN2CCOCCN(CCN1)CCOCC2. The molecule has 0 radical (unpaired) electrons. The Hall–Kier alpha value is 0.110. The van der Waals surface area contributed by atoms with Crippen molar-refractivity contribution in [1.29, 1.82) is 0 Å². The van der Waals surface area contributed by atoms with Gasteiger partial charge in [-0.25, -0.2) is 0 Å². The molecule has 6 nitrogen and oxygen atoms in total. The lowest BCUT2D eigenvalue weighted by atomic mass is 10.4. The smallest absolute Gasteiger partial charge is 0.0594 e. The van der Waals surface area contributed by atoms with Crippen LogP contribution < -0.4 is 10.6 Å². The first-order valence-electron chi connectivity index (χ1n) is 9.04. The number of thioether (sulfide) groups is 1. The summed E-state index contributed by atoms with van der Waals surface area (Å²) in [5.41, 5.74) is 0. The van der Waals surface area contributed by atoms with E-state index in [-0.39, 0.29) is 0 Å². The van der Waals surface area contributed by atoms with Gasteiger partial charge in [0.1, 0.15) is 0 Å². The quantitative estimate of drug-likeness (QED) is 0.617. The van der Waals surface area contributed by atoms with Crippen molar-refractivity contribution in [3.63, 3.8) is 0 Å². The Morgan fingerprint density at radius 2 is 1.00 bits per heavy atom. The minimum absolute atomic E-state index is 0.821. The predicted octanol–water partition coefficient (Wildman–Crippen LogP) is -0.437. The predicted molar refractivity (Wildman–Crippen MR) is 97.6 cm³/mol. The molecular formula is C16H34N4O2S. The highest BCUT2D eigenvalue weighted by Gasteiger charge is 2.09. The summed E-state index contributed by atoms with van der Waals surface area (Å²) in [6.07, 6.45) is 0. The molecule has 0 amide bonds. The van der Waals surface area contributed by atoms with Crippen LogP contribution in [-0.4, -0.2) is 113 Å². The molecule has 3 fully saturated rings. The fourth-order valence-electron chi connectivity index (χ4n) is 2.76. The molecule has 3 aliphatic heterocycles. The van der Waals surface area contributed by atoms with Crippen LogP contribution in [0.25, 0.3) is 0 Å². The molecule has 3 rings (SSSR count). The van der Waals surface area contributed by atoms with Gasteiger partial charge in [0, 0.05) is 77.0 Å². The lowest BCUT2D eigenvalue weighted by Crippen LogP contribution is -2.40. The molecule has 3 aliphatic rings. The van der Waals surface area contributed by atoms with E-state index in [0.29, 0.717) is 0 Å². The van der Waals surface area contributed by atoms with Crippen LogP contribution in [0.4, 0.5) is 0 Å². The molecule has 2 bridgehead atoms. The Kier molecular flexibility index (Phi) is 11.3. The number of hydrogen-bond acceptors (Lipinski definition) is 7. The van der Waals surface area contributed by atoms with Crippen LogP contribution in [0, 0.1) is 0 Å². The highest BCUT2D eigenvalue weighted by molar-refractivity contribution is 7.99. The van der Waals surface area contributed by atoms with Gasteiger partial charge in [-0.3, -0.25) is 9.80 Å². The van der Waals surface area contributed by atoms with E-state index in [1.54, 1.807) is 0 Å². The second-order valence-electron chi connectivity index (χ2n) is 6.02. The molecule has 3 saturated heterocycles. The Balaban J connectivity index is 1.82.